The predicted molar refractivity (Wildman–Crippen MR) is 127 cm³/mol. The summed E-state index contributed by atoms with van der Waals surface area (Å²) in [7, 11) is 0. The van der Waals surface area contributed by atoms with Gasteiger partial charge in [-0.25, -0.2) is 0 Å². The summed E-state index contributed by atoms with van der Waals surface area (Å²) in [5, 5.41) is 0. The fraction of sp³-hybridized carbons (Fsp3) is 0.308. The zero-order valence-corrected chi connectivity index (χ0v) is 19.3. The zero-order chi connectivity index (χ0) is 23.7. The Morgan fingerprint density at radius 2 is 1.56 bits per heavy atom. The van der Waals surface area contributed by atoms with Gasteiger partial charge in [0.25, 0.3) is 5.91 Å². The maximum Gasteiger partial charge on any atom is 0.326 e. The Hall–Kier alpha value is -3.39. The van der Waals surface area contributed by atoms with Gasteiger partial charge in [-0.3, -0.25) is 29.0 Å². The number of anilines is 1. The van der Waals surface area contributed by atoms with Crippen LogP contribution in [-0.2, 0) is 23.9 Å². The van der Waals surface area contributed by atoms with Crippen LogP contribution in [0.1, 0.15) is 24.4 Å². The second-order valence-electron chi connectivity index (χ2n) is 8.55. The van der Waals surface area contributed by atoms with Crippen molar-refractivity contribution in [3.63, 3.8) is 0 Å². The number of benzene rings is 2. The summed E-state index contributed by atoms with van der Waals surface area (Å²) >= 11 is 1.68. The van der Waals surface area contributed by atoms with Gasteiger partial charge in [0.1, 0.15) is 6.54 Å². The molecule has 0 saturated carbocycles. The number of hydrogen-bond acceptors (Lipinski definition) is 6. The number of allylic oxidation sites excluding steroid dienone is 2. The Morgan fingerprint density at radius 1 is 0.912 bits per heavy atom. The van der Waals surface area contributed by atoms with Crippen molar-refractivity contribution in [3.8, 4) is 0 Å². The highest BCUT2D eigenvalue weighted by atomic mass is 32.2. The van der Waals surface area contributed by atoms with Gasteiger partial charge in [-0.15, -0.1) is 11.8 Å². The molecule has 3 amide bonds. The third kappa shape index (κ3) is 4.14. The molecule has 3 aliphatic rings. The van der Waals surface area contributed by atoms with Crippen molar-refractivity contribution in [2.24, 2.45) is 11.8 Å². The van der Waals surface area contributed by atoms with Crippen molar-refractivity contribution in [1.82, 2.24) is 4.90 Å². The lowest BCUT2D eigenvalue weighted by molar-refractivity contribution is -0.154. The van der Waals surface area contributed by atoms with Gasteiger partial charge in [0, 0.05) is 10.6 Å². The Labute approximate surface area is 201 Å². The molecular formula is C26H24N2O5S. The van der Waals surface area contributed by atoms with Crippen molar-refractivity contribution < 1.29 is 23.9 Å². The van der Waals surface area contributed by atoms with E-state index >= 15 is 0 Å². The zero-order valence-electron chi connectivity index (χ0n) is 18.5. The summed E-state index contributed by atoms with van der Waals surface area (Å²) in [4.78, 5) is 54.7. The molecule has 174 valence electrons. The van der Waals surface area contributed by atoms with Gasteiger partial charge in [-0.2, -0.15) is 0 Å². The normalized spacial score (nSPS) is 23.5. The number of carbonyl (C=O) groups is 4. The molecule has 2 heterocycles. The number of hydrogen-bond donors (Lipinski definition) is 0. The summed E-state index contributed by atoms with van der Waals surface area (Å²) < 4.78 is 5.27. The summed E-state index contributed by atoms with van der Waals surface area (Å²) in [6.07, 6.45) is 4.80. The summed E-state index contributed by atoms with van der Waals surface area (Å²) in [5.74, 6) is -1.93. The van der Waals surface area contributed by atoms with E-state index in [1.807, 2.05) is 66.7 Å². The highest BCUT2D eigenvalue weighted by Crippen LogP contribution is 2.43. The summed E-state index contributed by atoms with van der Waals surface area (Å²) in [5.41, 5.74) is 1.77. The van der Waals surface area contributed by atoms with Crippen molar-refractivity contribution in [2.75, 3.05) is 23.8 Å². The smallest absolute Gasteiger partial charge is 0.326 e. The van der Waals surface area contributed by atoms with E-state index in [0.29, 0.717) is 18.6 Å². The third-order valence-electron chi connectivity index (χ3n) is 6.53. The van der Waals surface area contributed by atoms with Crippen LogP contribution in [0.5, 0.6) is 0 Å². The minimum Gasteiger partial charge on any atom is -0.454 e. The van der Waals surface area contributed by atoms with Crippen molar-refractivity contribution in [2.45, 2.75) is 23.8 Å². The molecule has 0 aromatic heterocycles. The number of para-hydroxylation sites is 1. The topological polar surface area (TPSA) is 84.0 Å². The number of esters is 1. The number of fused-ring (bicyclic) bond motifs is 2. The van der Waals surface area contributed by atoms with Crippen LogP contribution in [0.2, 0.25) is 0 Å². The molecule has 5 rings (SSSR count). The molecule has 34 heavy (non-hydrogen) atoms. The molecule has 2 aromatic rings. The fourth-order valence-electron chi connectivity index (χ4n) is 4.83. The van der Waals surface area contributed by atoms with Gasteiger partial charge >= 0.3 is 5.97 Å². The minimum atomic E-state index is -0.766. The first-order valence-corrected chi connectivity index (χ1v) is 12.3. The average molecular weight is 477 g/mol. The van der Waals surface area contributed by atoms with Gasteiger partial charge in [-0.05, 0) is 30.5 Å². The van der Waals surface area contributed by atoms with Crippen LogP contribution in [0, 0.1) is 11.8 Å². The number of rotatable bonds is 5. The molecule has 3 atom stereocenters. The number of likely N-dealkylation sites (tertiary alicyclic amines) is 1. The van der Waals surface area contributed by atoms with Gasteiger partial charge in [-0.1, -0.05) is 54.6 Å². The molecular weight excluding hydrogens is 452 g/mol. The number of nitrogens with zero attached hydrogens (tertiary/aromatic N) is 2. The Bertz CT molecular complexity index is 1140. The average Bonchev–Trinajstić information content (AvgIpc) is 3.12. The first kappa shape index (κ1) is 22.4. The van der Waals surface area contributed by atoms with Crippen LogP contribution in [0.25, 0.3) is 0 Å². The van der Waals surface area contributed by atoms with E-state index in [4.69, 9.17) is 4.74 Å². The first-order chi connectivity index (χ1) is 16.5. The van der Waals surface area contributed by atoms with E-state index in [9.17, 15) is 19.2 Å². The molecule has 2 aliphatic heterocycles. The molecule has 0 spiro atoms. The molecule has 1 aliphatic carbocycles. The quantitative estimate of drug-likeness (QED) is 0.374. The van der Waals surface area contributed by atoms with Gasteiger partial charge < -0.3 is 4.74 Å². The molecule has 8 heteroatoms. The molecule has 1 fully saturated rings. The monoisotopic (exact) mass is 476 g/mol. The number of thioether (sulfide) groups is 1. The Kier molecular flexibility index (Phi) is 6.24. The van der Waals surface area contributed by atoms with Crippen LogP contribution in [0.4, 0.5) is 5.69 Å². The van der Waals surface area contributed by atoms with Crippen LogP contribution >= 0.6 is 11.8 Å². The molecule has 0 bridgehead atoms. The maximum absolute atomic E-state index is 13.3. The van der Waals surface area contributed by atoms with Crippen LogP contribution in [0.15, 0.2) is 71.6 Å². The number of imide groups is 1. The van der Waals surface area contributed by atoms with Crippen LogP contribution < -0.4 is 4.90 Å². The van der Waals surface area contributed by atoms with E-state index in [1.54, 1.807) is 16.7 Å². The van der Waals surface area contributed by atoms with Gasteiger partial charge in [0.15, 0.2) is 6.61 Å². The van der Waals surface area contributed by atoms with Crippen molar-refractivity contribution >= 4 is 41.1 Å². The number of amides is 3. The van der Waals surface area contributed by atoms with E-state index in [-0.39, 0.29) is 23.8 Å². The van der Waals surface area contributed by atoms with E-state index < -0.39 is 31.0 Å². The van der Waals surface area contributed by atoms with E-state index in [0.717, 1.165) is 21.0 Å². The van der Waals surface area contributed by atoms with Crippen molar-refractivity contribution in [3.05, 3.63) is 72.3 Å². The molecule has 3 unspecified atom stereocenters. The third-order valence-corrected chi connectivity index (χ3v) is 7.67. The molecule has 1 saturated heterocycles. The second-order valence-corrected chi connectivity index (χ2v) is 9.61. The van der Waals surface area contributed by atoms with Crippen LogP contribution in [-0.4, -0.2) is 47.5 Å². The lowest BCUT2D eigenvalue weighted by Gasteiger charge is -2.37. The highest BCUT2D eigenvalue weighted by Gasteiger charge is 2.48. The molecule has 7 nitrogen and oxygen atoms in total. The molecule has 0 N–H and O–H groups in total. The highest BCUT2D eigenvalue weighted by molar-refractivity contribution is 7.99. The predicted octanol–water partition coefficient (Wildman–Crippen LogP) is 3.36. The van der Waals surface area contributed by atoms with Gasteiger partial charge in [0.05, 0.1) is 23.6 Å². The maximum atomic E-state index is 13.3. The second kappa shape index (κ2) is 9.46. The van der Waals surface area contributed by atoms with Gasteiger partial charge in [0.2, 0.25) is 11.8 Å². The lowest BCUT2D eigenvalue weighted by atomic mass is 9.85. The summed E-state index contributed by atoms with van der Waals surface area (Å²) in [6, 6.07) is 17.2. The lowest BCUT2D eigenvalue weighted by Crippen LogP contribution is -2.42. The molecule has 2 aromatic carbocycles. The number of ether oxygens (including phenoxy) is 1. The van der Waals surface area contributed by atoms with E-state index in [1.165, 1.54) is 0 Å². The Balaban J connectivity index is 1.28. The standard InChI is InChI=1S/C26H24N2O5S/c29-23(15-33-24(30)14-27-25(31)18-10-4-5-11-19(18)26(27)32)28-20-12-6-7-13-22(20)34-16-21(28)17-8-2-1-3-9-17/h1-9,12-13,18-19,21H,10-11,14-16H2. The minimum absolute atomic E-state index is 0.204. The Morgan fingerprint density at radius 3 is 2.26 bits per heavy atom. The molecule has 0 radical (unpaired) electrons. The SMILES string of the molecule is O=C(CN1C(=O)C2CC=CCC2C1=O)OCC(=O)N1c2ccccc2SCC1c1ccccc1. The number of carbonyl (C=O) groups excluding carboxylic acids is 4. The fourth-order valence-corrected chi connectivity index (χ4v) is 6.00. The summed E-state index contributed by atoms with van der Waals surface area (Å²) in [6.45, 7) is -0.932. The van der Waals surface area contributed by atoms with Crippen molar-refractivity contribution in [1.29, 1.82) is 0 Å². The largest absolute Gasteiger partial charge is 0.454 e. The first-order valence-electron chi connectivity index (χ1n) is 11.3. The van der Waals surface area contributed by atoms with Crippen LogP contribution in [0.3, 0.4) is 0 Å². The van der Waals surface area contributed by atoms with E-state index in [2.05, 4.69) is 0 Å².